The van der Waals surface area contributed by atoms with E-state index < -0.39 is 20.0 Å². The second-order valence-electron chi connectivity index (χ2n) is 11.4. The molecule has 2 heterocycles. The second kappa shape index (κ2) is 17.2. The van der Waals surface area contributed by atoms with Crippen LogP contribution in [0.3, 0.4) is 0 Å². The number of hydrogen-bond donors (Lipinski definition) is 4. The summed E-state index contributed by atoms with van der Waals surface area (Å²) in [5.41, 5.74) is 5.27. The summed E-state index contributed by atoms with van der Waals surface area (Å²) >= 11 is 0. The smallest absolute Gasteiger partial charge is 0.232 e. The highest BCUT2D eigenvalue weighted by Gasteiger charge is 2.17. The summed E-state index contributed by atoms with van der Waals surface area (Å²) in [6.07, 6.45) is 3.68. The number of nitrogens with one attached hydrogen (secondary N) is 4. The Morgan fingerprint density at radius 3 is 1.37 bits per heavy atom. The van der Waals surface area contributed by atoms with E-state index in [1.165, 1.54) is 14.2 Å². The molecule has 16 heteroatoms. The minimum Gasteiger partial charge on any atom is -0.494 e. The highest BCUT2D eigenvalue weighted by molar-refractivity contribution is 7.93. The van der Waals surface area contributed by atoms with Crippen LogP contribution in [0.4, 0.5) is 34.1 Å². The molecular formula is C36H39ClN6O7S2. The zero-order valence-corrected chi connectivity index (χ0v) is 30.7. The molecule has 0 unspecified atom stereocenters. The third-order valence-electron chi connectivity index (χ3n) is 7.86. The van der Waals surface area contributed by atoms with E-state index in [1.54, 1.807) is 48.8 Å². The van der Waals surface area contributed by atoms with Gasteiger partial charge in [-0.2, -0.15) is 0 Å². The molecule has 0 aliphatic rings. The molecule has 6 N–H and O–H groups in total. The topological polar surface area (TPSA) is 192 Å². The molecule has 4 aromatic carbocycles. The molecule has 0 bridgehead atoms. The molecule has 0 spiro atoms. The summed E-state index contributed by atoms with van der Waals surface area (Å²) in [6.45, 7) is 0. The second-order valence-corrected chi connectivity index (χ2v) is 15.1. The summed E-state index contributed by atoms with van der Waals surface area (Å²) in [5.74, 6) is 0.362. The van der Waals surface area contributed by atoms with E-state index in [9.17, 15) is 16.8 Å². The SMILES string of the molecule is COc1cc(NS(=O)(=O)CCCCS(=O)(=O)Nc2ccc(Nc3ccnc4ccccc34)c(OC)c2)ccc1Nc1ccnc2ccccc12.Cl.O. The average Bonchev–Trinajstić information content (AvgIpc) is 3.11. The van der Waals surface area contributed by atoms with Crippen molar-refractivity contribution in [3.05, 3.63) is 109 Å². The van der Waals surface area contributed by atoms with Gasteiger partial charge in [0.15, 0.2) is 0 Å². The number of sulfonamides is 2. The summed E-state index contributed by atoms with van der Waals surface area (Å²) < 4.78 is 67.7. The number of pyridine rings is 2. The number of benzene rings is 4. The van der Waals surface area contributed by atoms with Gasteiger partial charge in [-0.15, -0.1) is 12.4 Å². The number of fused-ring (bicyclic) bond motifs is 2. The number of hydrogen-bond acceptors (Lipinski definition) is 10. The van der Waals surface area contributed by atoms with Crippen molar-refractivity contribution in [3.8, 4) is 11.5 Å². The third-order valence-corrected chi connectivity index (χ3v) is 10.6. The Balaban J connectivity index is 0.00000302. The molecule has 6 aromatic rings. The van der Waals surface area contributed by atoms with Crippen LogP contribution in [0, 0.1) is 0 Å². The fraction of sp³-hybridized carbons (Fsp3) is 0.167. The number of anilines is 6. The standard InChI is InChI=1S/C36H36N6O6S2.ClH.H2O/c1-47-35-23-25(13-15-33(35)39-31-17-19-37-29-11-5-3-9-27(29)31)41-49(43,44)21-7-8-22-50(45,46)42-26-14-16-34(36(24-26)48-2)40-32-18-20-38-30-12-6-4-10-28(30)32;;/h3-6,9-20,23-24,41-42H,7-8,21-22H2,1-2H3,(H,37,39)(H,38,40);1H;1H2. The van der Waals surface area contributed by atoms with Gasteiger partial charge in [0.25, 0.3) is 0 Å². The first kappa shape index (κ1) is 39.4. The summed E-state index contributed by atoms with van der Waals surface area (Å²) in [5, 5.41) is 8.54. The van der Waals surface area contributed by atoms with Gasteiger partial charge in [0.05, 0.1) is 59.5 Å². The monoisotopic (exact) mass is 766 g/mol. The van der Waals surface area contributed by atoms with E-state index in [-0.39, 0.29) is 42.2 Å². The van der Waals surface area contributed by atoms with Gasteiger partial charge in [-0.1, -0.05) is 36.4 Å². The number of rotatable bonds is 15. The molecule has 0 saturated heterocycles. The lowest BCUT2D eigenvalue weighted by Gasteiger charge is -2.15. The Hall–Kier alpha value is -5.35. The van der Waals surface area contributed by atoms with Crippen LogP contribution in [0.25, 0.3) is 21.8 Å². The minimum atomic E-state index is -3.77. The van der Waals surface area contributed by atoms with Gasteiger partial charge in [-0.3, -0.25) is 19.4 Å². The van der Waals surface area contributed by atoms with Crippen molar-refractivity contribution >= 4 is 88.4 Å². The van der Waals surface area contributed by atoms with E-state index in [4.69, 9.17) is 9.47 Å². The molecular weight excluding hydrogens is 728 g/mol. The minimum absolute atomic E-state index is 0. The summed E-state index contributed by atoms with van der Waals surface area (Å²) in [7, 11) is -4.53. The molecule has 0 fully saturated rings. The molecule has 274 valence electrons. The average molecular weight is 767 g/mol. The van der Waals surface area contributed by atoms with Crippen LogP contribution in [-0.4, -0.2) is 58.0 Å². The number of para-hydroxylation sites is 2. The first-order chi connectivity index (χ1) is 24.1. The van der Waals surface area contributed by atoms with Crippen molar-refractivity contribution in [1.82, 2.24) is 9.97 Å². The van der Waals surface area contributed by atoms with E-state index >= 15 is 0 Å². The molecule has 6 rings (SSSR count). The van der Waals surface area contributed by atoms with E-state index in [0.717, 1.165) is 33.2 Å². The Labute approximate surface area is 308 Å². The van der Waals surface area contributed by atoms with Crippen LogP contribution in [-0.2, 0) is 20.0 Å². The number of methoxy groups -OCH3 is 2. The van der Waals surface area contributed by atoms with Gasteiger partial charge in [0, 0.05) is 46.7 Å². The number of nitrogens with zero attached hydrogens (tertiary/aromatic N) is 2. The van der Waals surface area contributed by atoms with E-state index in [2.05, 4.69) is 30.0 Å². The van der Waals surface area contributed by atoms with Gasteiger partial charge in [-0.05, 0) is 61.4 Å². The molecule has 0 saturated carbocycles. The highest BCUT2D eigenvalue weighted by Crippen LogP contribution is 2.35. The first-order valence-electron chi connectivity index (χ1n) is 15.7. The predicted octanol–water partition coefficient (Wildman–Crippen LogP) is 6.85. The Bertz CT molecular complexity index is 2200. The first-order valence-corrected chi connectivity index (χ1v) is 19.0. The van der Waals surface area contributed by atoms with Gasteiger partial charge >= 0.3 is 0 Å². The van der Waals surface area contributed by atoms with Crippen molar-refractivity contribution in [1.29, 1.82) is 0 Å². The van der Waals surface area contributed by atoms with Gasteiger partial charge < -0.3 is 25.6 Å². The maximum Gasteiger partial charge on any atom is 0.232 e. The zero-order valence-electron chi connectivity index (χ0n) is 28.3. The predicted molar refractivity (Wildman–Crippen MR) is 211 cm³/mol. The van der Waals surface area contributed by atoms with Gasteiger partial charge in [0.2, 0.25) is 20.0 Å². The van der Waals surface area contributed by atoms with Crippen LogP contribution in [0.1, 0.15) is 12.8 Å². The number of unbranched alkanes of at least 4 members (excludes halogenated alkanes) is 1. The van der Waals surface area contributed by atoms with Crippen molar-refractivity contribution in [2.24, 2.45) is 0 Å². The third kappa shape index (κ3) is 9.70. The molecule has 0 atom stereocenters. The fourth-order valence-corrected chi connectivity index (χ4v) is 7.81. The summed E-state index contributed by atoms with van der Waals surface area (Å²) in [6, 6.07) is 29.0. The molecule has 52 heavy (non-hydrogen) atoms. The maximum absolute atomic E-state index is 12.9. The number of halogens is 1. The molecule has 0 amide bonds. The summed E-state index contributed by atoms with van der Waals surface area (Å²) in [4.78, 5) is 8.76. The van der Waals surface area contributed by atoms with Gasteiger partial charge in [-0.25, -0.2) is 16.8 Å². The van der Waals surface area contributed by atoms with Crippen LogP contribution in [0.15, 0.2) is 109 Å². The molecule has 2 aromatic heterocycles. The van der Waals surface area contributed by atoms with Crippen molar-refractivity contribution in [3.63, 3.8) is 0 Å². The van der Waals surface area contributed by atoms with Crippen LogP contribution in [0.5, 0.6) is 11.5 Å². The van der Waals surface area contributed by atoms with Gasteiger partial charge in [0.1, 0.15) is 11.5 Å². The van der Waals surface area contributed by atoms with E-state index in [1.807, 2.05) is 60.7 Å². The maximum atomic E-state index is 12.9. The lowest BCUT2D eigenvalue weighted by Crippen LogP contribution is -2.20. The quantitative estimate of drug-likeness (QED) is 0.0804. The van der Waals surface area contributed by atoms with Crippen LogP contribution in [0.2, 0.25) is 0 Å². The molecule has 13 nitrogen and oxygen atoms in total. The number of aromatic nitrogens is 2. The largest absolute Gasteiger partial charge is 0.494 e. The van der Waals surface area contributed by atoms with Crippen molar-refractivity contribution in [2.75, 3.05) is 45.8 Å². The molecule has 0 aliphatic heterocycles. The Morgan fingerprint density at radius 2 is 0.962 bits per heavy atom. The van der Waals surface area contributed by atoms with Crippen molar-refractivity contribution in [2.45, 2.75) is 12.8 Å². The Kier molecular flexibility index (Phi) is 13.1. The fourth-order valence-electron chi connectivity index (χ4n) is 5.46. The normalized spacial score (nSPS) is 11.2. The number of ether oxygens (including phenoxy) is 2. The highest BCUT2D eigenvalue weighted by atomic mass is 35.5. The molecule has 0 aliphatic carbocycles. The Morgan fingerprint density at radius 1 is 0.558 bits per heavy atom. The lowest BCUT2D eigenvalue weighted by atomic mass is 10.1. The lowest BCUT2D eigenvalue weighted by molar-refractivity contribution is 0.417. The zero-order chi connectivity index (χ0) is 35.1. The molecule has 0 radical (unpaired) electrons. The van der Waals surface area contributed by atoms with Crippen LogP contribution >= 0.6 is 12.4 Å². The van der Waals surface area contributed by atoms with Crippen LogP contribution < -0.4 is 29.6 Å². The van der Waals surface area contributed by atoms with Crippen molar-refractivity contribution < 1.29 is 31.8 Å². The van der Waals surface area contributed by atoms with E-state index in [0.29, 0.717) is 34.2 Å².